The summed E-state index contributed by atoms with van der Waals surface area (Å²) in [6.45, 7) is 1.84. The molecule has 4 aromatic rings. The van der Waals surface area contributed by atoms with E-state index in [-0.39, 0.29) is 11.2 Å². The lowest BCUT2D eigenvalue weighted by atomic mass is 10.2. The van der Waals surface area contributed by atoms with E-state index < -0.39 is 11.7 Å². The van der Waals surface area contributed by atoms with Crippen LogP contribution in [0.15, 0.2) is 47.7 Å². The monoisotopic (exact) mass is 345 g/mol. The number of aryl methyl sites for hydroxylation is 1. The van der Waals surface area contributed by atoms with Gasteiger partial charge in [-0.25, -0.2) is 15.0 Å². The van der Waals surface area contributed by atoms with Gasteiger partial charge in [-0.1, -0.05) is 0 Å². The molecule has 9 heteroatoms. The summed E-state index contributed by atoms with van der Waals surface area (Å²) in [5.74, 6) is 0.321. The molecule has 4 heterocycles. The minimum absolute atomic E-state index is 0.105. The Labute approximate surface area is 139 Å². The second-order valence-corrected chi connectivity index (χ2v) is 5.37. The van der Waals surface area contributed by atoms with Crippen molar-refractivity contribution in [2.24, 2.45) is 0 Å². The molecule has 25 heavy (non-hydrogen) atoms. The van der Waals surface area contributed by atoms with E-state index in [1.54, 1.807) is 22.9 Å². The number of nitrogens with zero attached hydrogens (tertiary/aromatic N) is 5. The standard InChI is InChI=1S/C16H10F3N5O/c1-9-2-3-11(6-20-9)24-14-12(4-10(5-21-14)16(17,18)19)23-15(24)13-7-25-8-22-13/h2-8H,1H3. The van der Waals surface area contributed by atoms with E-state index in [1.807, 2.05) is 6.92 Å². The second-order valence-electron chi connectivity index (χ2n) is 5.37. The Bertz CT molecular complexity index is 1040. The number of hydrogen-bond donors (Lipinski definition) is 0. The highest BCUT2D eigenvalue weighted by atomic mass is 19.4. The number of halogens is 3. The minimum atomic E-state index is -4.50. The summed E-state index contributed by atoms with van der Waals surface area (Å²) in [7, 11) is 0. The van der Waals surface area contributed by atoms with Crippen molar-refractivity contribution in [2.45, 2.75) is 13.1 Å². The number of alkyl halides is 3. The minimum Gasteiger partial charge on any atom is -0.451 e. The van der Waals surface area contributed by atoms with Crippen LogP contribution in [0.3, 0.4) is 0 Å². The molecule has 0 radical (unpaired) electrons. The van der Waals surface area contributed by atoms with Crippen LogP contribution >= 0.6 is 0 Å². The zero-order valence-corrected chi connectivity index (χ0v) is 12.8. The Morgan fingerprint density at radius 2 is 1.92 bits per heavy atom. The Hall–Kier alpha value is -3.23. The highest BCUT2D eigenvalue weighted by Gasteiger charge is 2.32. The van der Waals surface area contributed by atoms with Crippen LogP contribution in [0.5, 0.6) is 0 Å². The number of rotatable bonds is 2. The maximum absolute atomic E-state index is 13.0. The first-order valence-electron chi connectivity index (χ1n) is 7.21. The smallest absolute Gasteiger partial charge is 0.417 e. The lowest BCUT2D eigenvalue weighted by molar-refractivity contribution is -0.137. The van der Waals surface area contributed by atoms with E-state index in [9.17, 15) is 13.2 Å². The maximum Gasteiger partial charge on any atom is 0.417 e. The van der Waals surface area contributed by atoms with Crippen LogP contribution in [0.2, 0.25) is 0 Å². The van der Waals surface area contributed by atoms with E-state index in [4.69, 9.17) is 4.42 Å². The van der Waals surface area contributed by atoms with Gasteiger partial charge in [0.2, 0.25) is 0 Å². The van der Waals surface area contributed by atoms with Gasteiger partial charge in [0.05, 0.1) is 17.4 Å². The van der Waals surface area contributed by atoms with Gasteiger partial charge in [0.25, 0.3) is 0 Å². The zero-order valence-electron chi connectivity index (χ0n) is 12.8. The molecule has 0 N–H and O–H groups in total. The average molecular weight is 345 g/mol. The topological polar surface area (TPSA) is 69.6 Å². The Morgan fingerprint density at radius 1 is 1.08 bits per heavy atom. The van der Waals surface area contributed by atoms with Crippen LogP contribution in [0.1, 0.15) is 11.3 Å². The molecule has 4 aromatic heterocycles. The molecule has 0 aromatic carbocycles. The molecular formula is C16H10F3N5O. The van der Waals surface area contributed by atoms with Crippen LogP contribution < -0.4 is 0 Å². The molecule has 0 aliphatic heterocycles. The van der Waals surface area contributed by atoms with Crippen molar-refractivity contribution >= 4 is 11.2 Å². The fraction of sp³-hybridized carbons (Fsp3) is 0.125. The summed E-state index contributed by atoms with van der Waals surface area (Å²) in [6.07, 6.45) is 0.476. The van der Waals surface area contributed by atoms with Gasteiger partial charge in [-0.15, -0.1) is 0 Å². The number of fused-ring (bicyclic) bond motifs is 1. The Kier molecular flexibility index (Phi) is 3.31. The van der Waals surface area contributed by atoms with Crippen LogP contribution in [-0.2, 0) is 6.18 Å². The molecule has 0 aliphatic carbocycles. The van der Waals surface area contributed by atoms with Gasteiger partial charge >= 0.3 is 6.18 Å². The maximum atomic E-state index is 13.0. The first kappa shape index (κ1) is 15.3. The molecule has 0 spiro atoms. The highest BCUT2D eigenvalue weighted by molar-refractivity contribution is 5.79. The largest absolute Gasteiger partial charge is 0.451 e. The highest BCUT2D eigenvalue weighted by Crippen LogP contribution is 2.32. The van der Waals surface area contributed by atoms with Gasteiger partial charge in [-0.05, 0) is 25.1 Å². The molecule has 0 atom stereocenters. The third-order valence-electron chi connectivity index (χ3n) is 3.64. The Balaban J connectivity index is 2.01. The quantitative estimate of drug-likeness (QED) is 0.553. The van der Waals surface area contributed by atoms with Gasteiger partial charge in [0.1, 0.15) is 17.5 Å². The summed E-state index contributed by atoms with van der Waals surface area (Å²) in [5.41, 5.74) is 1.32. The molecule has 126 valence electrons. The van der Waals surface area contributed by atoms with E-state index >= 15 is 0 Å². The first-order chi connectivity index (χ1) is 11.9. The van der Waals surface area contributed by atoms with E-state index in [0.717, 1.165) is 18.0 Å². The summed E-state index contributed by atoms with van der Waals surface area (Å²) in [5, 5.41) is 0. The molecule has 0 aliphatic rings. The van der Waals surface area contributed by atoms with Gasteiger partial charge in [0.15, 0.2) is 17.9 Å². The van der Waals surface area contributed by atoms with Gasteiger partial charge in [-0.3, -0.25) is 9.55 Å². The van der Waals surface area contributed by atoms with Crippen molar-refractivity contribution in [1.29, 1.82) is 0 Å². The van der Waals surface area contributed by atoms with Crippen molar-refractivity contribution in [3.63, 3.8) is 0 Å². The number of pyridine rings is 2. The zero-order chi connectivity index (χ0) is 17.6. The molecule has 4 rings (SSSR count). The molecule has 0 saturated carbocycles. The number of aromatic nitrogens is 5. The van der Waals surface area contributed by atoms with Crippen LogP contribution in [0, 0.1) is 6.92 Å². The van der Waals surface area contributed by atoms with Crippen molar-refractivity contribution < 1.29 is 17.6 Å². The Morgan fingerprint density at radius 3 is 2.56 bits per heavy atom. The summed E-state index contributed by atoms with van der Waals surface area (Å²) in [6, 6.07) is 4.54. The van der Waals surface area contributed by atoms with Gasteiger partial charge in [-0.2, -0.15) is 13.2 Å². The summed E-state index contributed by atoms with van der Waals surface area (Å²) < 4.78 is 45.4. The number of imidazole rings is 1. The normalized spacial score (nSPS) is 12.0. The van der Waals surface area contributed by atoms with E-state index in [0.29, 0.717) is 17.2 Å². The van der Waals surface area contributed by atoms with Crippen molar-refractivity contribution in [3.8, 4) is 17.2 Å². The van der Waals surface area contributed by atoms with E-state index in [2.05, 4.69) is 19.9 Å². The predicted molar refractivity (Wildman–Crippen MR) is 81.9 cm³/mol. The lowest BCUT2D eigenvalue weighted by Crippen LogP contribution is -2.06. The summed E-state index contributed by atoms with van der Waals surface area (Å²) >= 11 is 0. The molecule has 0 unspecified atom stereocenters. The second kappa shape index (κ2) is 5.40. The SMILES string of the molecule is Cc1ccc(-n2c(-c3cocn3)nc3cc(C(F)(F)F)cnc32)cn1. The van der Waals surface area contributed by atoms with Crippen molar-refractivity contribution in [1.82, 2.24) is 24.5 Å². The first-order valence-corrected chi connectivity index (χ1v) is 7.21. The van der Waals surface area contributed by atoms with Crippen LogP contribution in [0.25, 0.3) is 28.4 Å². The van der Waals surface area contributed by atoms with Crippen molar-refractivity contribution in [2.75, 3.05) is 0 Å². The molecule has 0 amide bonds. The predicted octanol–water partition coefficient (Wildman–Crippen LogP) is 3.80. The molecule has 6 nitrogen and oxygen atoms in total. The van der Waals surface area contributed by atoms with Crippen LogP contribution in [-0.4, -0.2) is 24.5 Å². The summed E-state index contributed by atoms with van der Waals surface area (Å²) in [4.78, 5) is 16.5. The number of oxazole rings is 1. The molecule has 0 bridgehead atoms. The third kappa shape index (κ3) is 2.63. The lowest BCUT2D eigenvalue weighted by Gasteiger charge is -2.08. The molecule has 0 saturated heterocycles. The van der Waals surface area contributed by atoms with Crippen LogP contribution in [0.4, 0.5) is 13.2 Å². The van der Waals surface area contributed by atoms with E-state index in [1.165, 1.54) is 12.7 Å². The number of hydrogen-bond acceptors (Lipinski definition) is 5. The average Bonchev–Trinajstić information content (AvgIpc) is 3.21. The molecule has 0 fully saturated rings. The molecular weight excluding hydrogens is 335 g/mol. The van der Waals surface area contributed by atoms with Gasteiger partial charge < -0.3 is 4.42 Å². The fourth-order valence-electron chi connectivity index (χ4n) is 2.45. The third-order valence-corrected chi connectivity index (χ3v) is 3.64. The van der Waals surface area contributed by atoms with Crippen molar-refractivity contribution in [3.05, 3.63) is 54.5 Å². The fourth-order valence-corrected chi connectivity index (χ4v) is 2.45. The van der Waals surface area contributed by atoms with Gasteiger partial charge in [0, 0.05) is 11.9 Å².